The topological polar surface area (TPSA) is 41.6 Å². The highest BCUT2D eigenvalue weighted by Crippen LogP contribution is 2.24. The van der Waals surface area contributed by atoms with Crippen molar-refractivity contribution >= 4 is 5.91 Å². The molecule has 1 heterocycles. The summed E-state index contributed by atoms with van der Waals surface area (Å²) in [5.41, 5.74) is 2.69. The Kier molecular flexibility index (Phi) is 6.07. The highest BCUT2D eigenvalue weighted by atomic mass is 16.5. The van der Waals surface area contributed by atoms with Gasteiger partial charge in [0.2, 0.25) is 0 Å². The van der Waals surface area contributed by atoms with Crippen LogP contribution in [0.25, 0.3) is 11.1 Å². The average Bonchev–Trinajstić information content (AvgIpc) is 2.73. The molecule has 1 atom stereocenters. The highest BCUT2D eigenvalue weighted by molar-refractivity contribution is 6.00. The Morgan fingerprint density at radius 1 is 1.08 bits per heavy atom. The number of rotatable bonds is 6. The first-order chi connectivity index (χ1) is 12.6. The predicted molar refractivity (Wildman–Crippen MR) is 105 cm³/mol. The lowest BCUT2D eigenvalue weighted by Crippen LogP contribution is -2.56. The molecule has 2 aromatic carbocycles. The highest BCUT2D eigenvalue weighted by Gasteiger charge is 2.31. The molecule has 1 saturated heterocycles. The lowest BCUT2D eigenvalue weighted by atomic mass is 9.94. The van der Waals surface area contributed by atoms with Crippen LogP contribution in [0.1, 0.15) is 30.6 Å². The number of morpholine rings is 1. The Labute approximate surface area is 156 Å². The standard InChI is InChI=1S/C22H28N2O2/c1-3-22(2,24-13-15-26-16-14-24)17-23-21(25)20-12-8-7-11-19(20)18-9-5-4-6-10-18/h4-12H,3,13-17H2,1-2H3,(H,23,25)/t22-/m1/s1. The summed E-state index contributed by atoms with van der Waals surface area (Å²) in [7, 11) is 0. The molecule has 0 bridgehead atoms. The van der Waals surface area contributed by atoms with Gasteiger partial charge in [0.25, 0.3) is 5.91 Å². The minimum atomic E-state index is -0.0544. The van der Waals surface area contributed by atoms with Crippen LogP contribution >= 0.6 is 0 Å². The van der Waals surface area contributed by atoms with Gasteiger partial charge in [-0.25, -0.2) is 0 Å². The molecule has 0 aliphatic carbocycles. The van der Waals surface area contributed by atoms with Crippen LogP contribution in [0.2, 0.25) is 0 Å². The van der Waals surface area contributed by atoms with Gasteiger partial charge in [0.1, 0.15) is 0 Å². The van der Waals surface area contributed by atoms with Crippen LogP contribution in [0.4, 0.5) is 0 Å². The minimum absolute atomic E-state index is 0.0163. The lowest BCUT2D eigenvalue weighted by molar-refractivity contribution is -0.0169. The molecule has 1 amide bonds. The maximum atomic E-state index is 12.9. The fourth-order valence-electron chi connectivity index (χ4n) is 3.48. The first-order valence-corrected chi connectivity index (χ1v) is 9.39. The minimum Gasteiger partial charge on any atom is -0.379 e. The zero-order valence-electron chi connectivity index (χ0n) is 15.7. The smallest absolute Gasteiger partial charge is 0.251 e. The predicted octanol–water partition coefficient (Wildman–Crippen LogP) is 3.58. The van der Waals surface area contributed by atoms with E-state index in [0.717, 1.165) is 49.4 Å². The molecule has 0 radical (unpaired) electrons. The van der Waals surface area contributed by atoms with Gasteiger partial charge in [-0.2, -0.15) is 0 Å². The third-order valence-electron chi connectivity index (χ3n) is 5.42. The normalized spacial score (nSPS) is 17.5. The number of amides is 1. The second-order valence-corrected chi connectivity index (χ2v) is 7.04. The fourth-order valence-corrected chi connectivity index (χ4v) is 3.48. The van der Waals surface area contributed by atoms with Crippen molar-refractivity contribution in [2.75, 3.05) is 32.8 Å². The van der Waals surface area contributed by atoms with E-state index in [-0.39, 0.29) is 11.4 Å². The second kappa shape index (κ2) is 8.47. The maximum Gasteiger partial charge on any atom is 0.251 e. The van der Waals surface area contributed by atoms with Gasteiger partial charge in [-0.3, -0.25) is 9.69 Å². The molecular formula is C22H28N2O2. The van der Waals surface area contributed by atoms with E-state index < -0.39 is 0 Å². The number of hydrogen-bond donors (Lipinski definition) is 1. The van der Waals surface area contributed by atoms with E-state index in [1.165, 1.54) is 0 Å². The molecule has 1 aliphatic rings. The van der Waals surface area contributed by atoms with Crippen LogP contribution in [-0.2, 0) is 4.74 Å². The molecule has 3 rings (SSSR count). The van der Waals surface area contributed by atoms with E-state index in [1.807, 2.05) is 54.6 Å². The molecule has 0 spiro atoms. The van der Waals surface area contributed by atoms with Crippen LogP contribution in [0.15, 0.2) is 54.6 Å². The summed E-state index contributed by atoms with van der Waals surface area (Å²) in [6.45, 7) is 8.40. The van der Waals surface area contributed by atoms with Gasteiger partial charge in [-0.15, -0.1) is 0 Å². The summed E-state index contributed by atoms with van der Waals surface area (Å²) in [6, 6.07) is 17.9. The molecule has 1 N–H and O–H groups in total. The number of ether oxygens (including phenoxy) is 1. The van der Waals surface area contributed by atoms with Gasteiger partial charge in [-0.05, 0) is 30.5 Å². The molecule has 1 aliphatic heterocycles. The van der Waals surface area contributed by atoms with Crippen LogP contribution in [0, 0.1) is 0 Å². The van der Waals surface area contributed by atoms with Gasteiger partial charge in [0.05, 0.1) is 13.2 Å². The monoisotopic (exact) mass is 352 g/mol. The summed E-state index contributed by atoms with van der Waals surface area (Å²) >= 11 is 0. The number of carbonyl (C=O) groups excluding carboxylic acids is 1. The quantitative estimate of drug-likeness (QED) is 0.864. The van der Waals surface area contributed by atoms with Gasteiger partial charge in [0, 0.05) is 30.7 Å². The molecule has 1 fully saturated rings. The fraction of sp³-hybridized carbons (Fsp3) is 0.409. The van der Waals surface area contributed by atoms with E-state index in [4.69, 9.17) is 4.74 Å². The Bertz CT molecular complexity index is 726. The number of hydrogen-bond acceptors (Lipinski definition) is 3. The van der Waals surface area contributed by atoms with Gasteiger partial charge in [0.15, 0.2) is 0 Å². The van der Waals surface area contributed by atoms with Crippen molar-refractivity contribution in [3.8, 4) is 11.1 Å². The Morgan fingerprint density at radius 3 is 2.42 bits per heavy atom. The van der Waals surface area contributed by atoms with Gasteiger partial charge >= 0.3 is 0 Å². The third-order valence-corrected chi connectivity index (χ3v) is 5.42. The zero-order chi connectivity index (χ0) is 18.4. The molecule has 4 nitrogen and oxygen atoms in total. The van der Waals surface area contributed by atoms with Crippen molar-refractivity contribution in [3.63, 3.8) is 0 Å². The van der Waals surface area contributed by atoms with Crippen molar-refractivity contribution in [2.24, 2.45) is 0 Å². The maximum absolute atomic E-state index is 12.9. The van der Waals surface area contributed by atoms with E-state index in [1.54, 1.807) is 0 Å². The molecule has 0 saturated carbocycles. The number of nitrogens with zero attached hydrogens (tertiary/aromatic N) is 1. The van der Waals surface area contributed by atoms with Crippen LogP contribution in [0.3, 0.4) is 0 Å². The van der Waals surface area contributed by atoms with Crippen LogP contribution in [-0.4, -0.2) is 49.2 Å². The summed E-state index contributed by atoms with van der Waals surface area (Å²) in [6.07, 6.45) is 0.980. The van der Waals surface area contributed by atoms with Crippen molar-refractivity contribution in [1.29, 1.82) is 0 Å². The van der Waals surface area contributed by atoms with Gasteiger partial charge < -0.3 is 10.1 Å². The van der Waals surface area contributed by atoms with Crippen molar-refractivity contribution < 1.29 is 9.53 Å². The molecule has 0 aromatic heterocycles. The molecule has 4 heteroatoms. The number of carbonyl (C=O) groups is 1. The average molecular weight is 352 g/mol. The summed E-state index contributed by atoms with van der Waals surface area (Å²) in [5.74, 6) is -0.0163. The van der Waals surface area contributed by atoms with E-state index in [0.29, 0.717) is 6.54 Å². The SMILES string of the molecule is CC[C@](C)(CNC(=O)c1ccccc1-c1ccccc1)N1CCOCC1. The molecule has 138 valence electrons. The van der Waals surface area contributed by atoms with Gasteiger partial charge in [-0.1, -0.05) is 55.5 Å². The molecular weight excluding hydrogens is 324 g/mol. The van der Waals surface area contributed by atoms with E-state index >= 15 is 0 Å². The van der Waals surface area contributed by atoms with Crippen LogP contribution < -0.4 is 5.32 Å². The Morgan fingerprint density at radius 2 is 1.73 bits per heavy atom. The number of benzene rings is 2. The van der Waals surface area contributed by atoms with E-state index in [9.17, 15) is 4.79 Å². The zero-order valence-corrected chi connectivity index (χ0v) is 15.7. The third kappa shape index (κ3) is 4.14. The van der Waals surface area contributed by atoms with Crippen molar-refractivity contribution in [1.82, 2.24) is 10.2 Å². The summed E-state index contributed by atoms with van der Waals surface area (Å²) in [5, 5.41) is 3.18. The first kappa shape index (κ1) is 18.6. The summed E-state index contributed by atoms with van der Waals surface area (Å²) in [4.78, 5) is 15.4. The van der Waals surface area contributed by atoms with Crippen molar-refractivity contribution in [2.45, 2.75) is 25.8 Å². The molecule has 0 unspecified atom stereocenters. The second-order valence-electron chi connectivity index (χ2n) is 7.04. The number of nitrogens with one attached hydrogen (secondary N) is 1. The summed E-state index contributed by atoms with van der Waals surface area (Å²) < 4.78 is 5.47. The first-order valence-electron chi connectivity index (χ1n) is 9.39. The van der Waals surface area contributed by atoms with Crippen LogP contribution in [0.5, 0.6) is 0 Å². The Hall–Kier alpha value is -2.17. The molecule has 2 aromatic rings. The Balaban J connectivity index is 1.74. The van der Waals surface area contributed by atoms with E-state index in [2.05, 4.69) is 24.1 Å². The molecule has 26 heavy (non-hydrogen) atoms. The lowest BCUT2D eigenvalue weighted by Gasteiger charge is -2.43. The largest absolute Gasteiger partial charge is 0.379 e. The van der Waals surface area contributed by atoms with Crippen molar-refractivity contribution in [3.05, 3.63) is 60.2 Å².